The number of nitrogens with one attached hydrogen (secondary N) is 1. The van der Waals surface area contributed by atoms with Gasteiger partial charge in [-0.15, -0.1) is 0 Å². The molecule has 0 unspecified atom stereocenters. The normalized spacial score (nSPS) is 18.0. The molecule has 0 bridgehead atoms. The summed E-state index contributed by atoms with van der Waals surface area (Å²) in [6.07, 6.45) is 1.44. The van der Waals surface area contributed by atoms with Crippen molar-refractivity contribution >= 4 is 9.84 Å². The lowest BCUT2D eigenvalue weighted by Gasteiger charge is -2.44. The summed E-state index contributed by atoms with van der Waals surface area (Å²) in [6.45, 7) is 5.80. The van der Waals surface area contributed by atoms with E-state index >= 15 is 0 Å². The van der Waals surface area contributed by atoms with Gasteiger partial charge in [0.1, 0.15) is 9.84 Å². The molecule has 1 aromatic carbocycles. The van der Waals surface area contributed by atoms with Crippen molar-refractivity contribution in [2.75, 3.05) is 24.6 Å². The van der Waals surface area contributed by atoms with Crippen LogP contribution in [0.15, 0.2) is 24.3 Å². The van der Waals surface area contributed by atoms with Gasteiger partial charge >= 0.3 is 0 Å². The summed E-state index contributed by atoms with van der Waals surface area (Å²) in [7, 11) is -2.89. The van der Waals surface area contributed by atoms with Crippen LogP contribution in [-0.2, 0) is 15.3 Å². The average Bonchev–Trinajstić information content (AvgIpc) is 2.29. The van der Waals surface area contributed by atoms with E-state index in [4.69, 9.17) is 0 Å². The molecule has 1 fully saturated rings. The third-order valence-corrected chi connectivity index (χ3v) is 5.91. The molecule has 1 heterocycles. The Morgan fingerprint density at radius 1 is 1.21 bits per heavy atom. The minimum absolute atomic E-state index is 0.0200. The number of hydrogen-bond acceptors (Lipinski definition) is 3. The molecule has 0 radical (unpaired) electrons. The van der Waals surface area contributed by atoms with Gasteiger partial charge in [0.2, 0.25) is 0 Å². The standard InChI is InChI=1S/C15H23NO2S/c1-3-9-19(17,18)10-8-15(11-16-12-15)14-7-5-4-6-13(14)2/h4-7,16H,3,8-12H2,1-2H3. The first-order valence-electron chi connectivity index (χ1n) is 6.96. The van der Waals surface area contributed by atoms with Crippen molar-refractivity contribution in [3.8, 4) is 0 Å². The van der Waals surface area contributed by atoms with Crippen molar-refractivity contribution in [3.63, 3.8) is 0 Å². The second-order valence-corrected chi connectivity index (χ2v) is 7.90. The first-order chi connectivity index (χ1) is 8.99. The van der Waals surface area contributed by atoms with Gasteiger partial charge < -0.3 is 5.32 Å². The summed E-state index contributed by atoms with van der Waals surface area (Å²) in [5.74, 6) is 0.612. The molecule has 0 spiro atoms. The Morgan fingerprint density at radius 3 is 2.42 bits per heavy atom. The lowest BCUT2D eigenvalue weighted by Crippen LogP contribution is -2.57. The van der Waals surface area contributed by atoms with Crippen LogP contribution in [0.25, 0.3) is 0 Å². The lowest BCUT2D eigenvalue weighted by atomic mass is 9.71. The number of benzene rings is 1. The lowest BCUT2D eigenvalue weighted by molar-refractivity contribution is 0.267. The first kappa shape index (κ1) is 14.5. The number of rotatable bonds is 6. The fourth-order valence-electron chi connectivity index (χ4n) is 2.86. The maximum atomic E-state index is 11.9. The van der Waals surface area contributed by atoms with Crippen molar-refractivity contribution in [2.24, 2.45) is 0 Å². The highest BCUT2D eigenvalue weighted by atomic mass is 32.2. The summed E-state index contributed by atoms with van der Waals surface area (Å²) in [5.41, 5.74) is 2.59. The number of hydrogen-bond donors (Lipinski definition) is 1. The van der Waals surface area contributed by atoms with E-state index in [1.54, 1.807) is 0 Å². The zero-order valence-electron chi connectivity index (χ0n) is 11.8. The van der Waals surface area contributed by atoms with Crippen LogP contribution in [0.4, 0.5) is 0 Å². The number of aryl methyl sites for hydroxylation is 1. The quantitative estimate of drug-likeness (QED) is 0.868. The average molecular weight is 281 g/mol. The SMILES string of the molecule is CCCS(=O)(=O)CCC1(c2ccccc2C)CNC1. The fourth-order valence-corrected chi connectivity index (χ4v) is 4.39. The molecule has 0 saturated carbocycles. The molecule has 0 atom stereocenters. The van der Waals surface area contributed by atoms with Crippen LogP contribution in [0.2, 0.25) is 0 Å². The molecule has 3 nitrogen and oxygen atoms in total. The molecule has 4 heteroatoms. The summed E-state index contributed by atoms with van der Waals surface area (Å²) < 4.78 is 23.8. The largest absolute Gasteiger partial charge is 0.315 e. The van der Waals surface area contributed by atoms with Crippen molar-refractivity contribution in [3.05, 3.63) is 35.4 Å². The van der Waals surface area contributed by atoms with Crippen LogP contribution in [0, 0.1) is 6.92 Å². The molecule has 19 heavy (non-hydrogen) atoms. The molecule has 1 saturated heterocycles. The molecule has 106 valence electrons. The zero-order chi connectivity index (χ0) is 13.9. The van der Waals surface area contributed by atoms with Crippen molar-refractivity contribution in [1.82, 2.24) is 5.32 Å². The van der Waals surface area contributed by atoms with Crippen LogP contribution in [0.3, 0.4) is 0 Å². The Hall–Kier alpha value is -0.870. The van der Waals surface area contributed by atoms with E-state index in [2.05, 4.69) is 24.4 Å². The molecule has 1 aliphatic heterocycles. The van der Waals surface area contributed by atoms with Gasteiger partial charge in [0.05, 0.1) is 5.75 Å². The van der Waals surface area contributed by atoms with E-state index in [0.29, 0.717) is 17.9 Å². The maximum Gasteiger partial charge on any atom is 0.150 e. The van der Waals surface area contributed by atoms with Crippen LogP contribution in [0.5, 0.6) is 0 Å². The molecule has 0 amide bonds. The Labute approximate surface area is 116 Å². The van der Waals surface area contributed by atoms with E-state index in [1.807, 2.05) is 19.1 Å². The van der Waals surface area contributed by atoms with Crippen molar-refractivity contribution in [2.45, 2.75) is 32.1 Å². The van der Waals surface area contributed by atoms with E-state index in [-0.39, 0.29) is 5.41 Å². The smallest absolute Gasteiger partial charge is 0.150 e. The molecule has 1 N–H and O–H groups in total. The second kappa shape index (κ2) is 5.63. The van der Waals surface area contributed by atoms with Gasteiger partial charge in [-0.1, -0.05) is 31.2 Å². The van der Waals surface area contributed by atoms with Crippen LogP contribution in [-0.4, -0.2) is 33.0 Å². The molecule has 1 aromatic rings. The third kappa shape index (κ3) is 3.18. The fraction of sp³-hybridized carbons (Fsp3) is 0.600. The molecular weight excluding hydrogens is 258 g/mol. The third-order valence-electron chi connectivity index (χ3n) is 4.05. The van der Waals surface area contributed by atoms with Gasteiger partial charge in [0, 0.05) is 24.3 Å². The van der Waals surface area contributed by atoms with Crippen LogP contribution < -0.4 is 5.32 Å². The van der Waals surface area contributed by atoms with Crippen molar-refractivity contribution in [1.29, 1.82) is 0 Å². The van der Waals surface area contributed by atoms with E-state index in [1.165, 1.54) is 11.1 Å². The predicted octanol–water partition coefficient (Wildman–Crippen LogP) is 2.05. The Bertz CT molecular complexity index is 533. The summed E-state index contributed by atoms with van der Waals surface area (Å²) in [4.78, 5) is 0. The molecule has 1 aliphatic rings. The van der Waals surface area contributed by atoms with Crippen LogP contribution in [0.1, 0.15) is 30.9 Å². The summed E-state index contributed by atoms with van der Waals surface area (Å²) >= 11 is 0. The van der Waals surface area contributed by atoms with Crippen molar-refractivity contribution < 1.29 is 8.42 Å². The van der Waals surface area contributed by atoms with Gasteiger partial charge in [0.15, 0.2) is 0 Å². The topological polar surface area (TPSA) is 46.2 Å². The summed E-state index contributed by atoms with van der Waals surface area (Å²) in [5, 5.41) is 3.30. The van der Waals surface area contributed by atoms with E-state index in [9.17, 15) is 8.42 Å². The minimum Gasteiger partial charge on any atom is -0.315 e. The summed E-state index contributed by atoms with van der Waals surface area (Å²) in [6, 6.07) is 8.33. The zero-order valence-corrected chi connectivity index (χ0v) is 12.6. The highest BCUT2D eigenvalue weighted by Crippen LogP contribution is 2.34. The van der Waals surface area contributed by atoms with Gasteiger partial charge in [-0.25, -0.2) is 8.42 Å². The minimum atomic E-state index is -2.89. The van der Waals surface area contributed by atoms with Gasteiger partial charge in [-0.2, -0.15) is 0 Å². The predicted molar refractivity (Wildman–Crippen MR) is 79.3 cm³/mol. The molecular formula is C15H23NO2S. The Balaban J connectivity index is 2.14. The highest BCUT2D eigenvalue weighted by Gasteiger charge is 2.40. The Kier molecular flexibility index (Phi) is 4.31. The monoisotopic (exact) mass is 281 g/mol. The second-order valence-electron chi connectivity index (χ2n) is 5.60. The maximum absolute atomic E-state index is 11.9. The highest BCUT2D eigenvalue weighted by molar-refractivity contribution is 7.91. The first-order valence-corrected chi connectivity index (χ1v) is 8.78. The Morgan fingerprint density at radius 2 is 1.89 bits per heavy atom. The van der Waals surface area contributed by atoms with Crippen LogP contribution >= 0.6 is 0 Å². The molecule has 2 rings (SSSR count). The van der Waals surface area contributed by atoms with E-state index < -0.39 is 9.84 Å². The van der Waals surface area contributed by atoms with Gasteiger partial charge in [0.25, 0.3) is 0 Å². The molecule has 0 aromatic heterocycles. The van der Waals surface area contributed by atoms with Gasteiger partial charge in [-0.05, 0) is 30.9 Å². The number of sulfone groups is 1. The van der Waals surface area contributed by atoms with E-state index in [0.717, 1.165) is 19.5 Å². The van der Waals surface area contributed by atoms with Gasteiger partial charge in [-0.3, -0.25) is 0 Å². The molecule has 0 aliphatic carbocycles.